The molecule has 0 radical (unpaired) electrons. The van der Waals surface area contributed by atoms with E-state index in [2.05, 4.69) is 55.6 Å². The maximum absolute atomic E-state index is 12.5. The van der Waals surface area contributed by atoms with Crippen LogP contribution in [0, 0.1) is 0 Å². The topological polar surface area (TPSA) is 95.9 Å². The third-order valence-electron chi connectivity index (χ3n) is 16.4. The summed E-state index contributed by atoms with van der Waals surface area (Å²) in [4.78, 5) is 24.5. The fourth-order valence-corrected chi connectivity index (χ4v) is 11.0. The summed E-state index contributed by atoms with van der Waals surface area (Å²) in [7, 11) is 0. The molecule has 6 nitrogen and oxygen atoms in total. The summed E-state index contributed by atoms with van der Waals surface area (Å²) in [6.07, 6.45) is 86.3. The first-order valence-electron chi connectivity index (χ1n) is 35.2. The van der Waals surface area contributed by atoms with Crippen molar-refractivity contribution in [1.82, 2.24) is 5.32 Å². The van der Waals surface area contributed by atoms with Gasteiger partial charge in [-0.25, -0.2) is 0 Å². The molecule has 2 unspecified atom stereocenters. The van der Waals surface area contributed by atoms with Crippen molar-refractivity contribution in [1.29, 1.82) is 0 Å². The van der Waals surface area contributed by atoms with Crippen LogP contribution in [0.25, 0.3) is 0 Å². The summed E-state index contributed by atoms with van der Waals surface area (Å²) in [6, 6.07) is -0.540. The Kier molecular flexibility index (Phi) is 65.9. The summed E-state index contributed by atoms with van der Waals surface area (Å²) in [5.74, 6) is -0.0254. The first kappa shape index (κ1) is 76.1. The molecule has 0 heterocycles. The van der Waals surface area contributed by atoms with Crippen LogP contribution in [0.3, 0.4) is 0 Å². The zero-order chi connectivity index (χ0) is 56.4. The van der Waals surface area contributed by atoms with Crippen molar-refractivity contribution in [3.05, 3.63) is 36.5 Å². The fraction of sp³-hybridized carbons (Fsp3) is 0.889. The highest BCUT2D eigenvalue weighted by Crippen LogP contribution is 2.18. The summed E-state index contributed by atoms with van der Waals surface area (Å²) in [5, 5.41) is 23.3. The number of aliphatic hydroxyl groups excluding tert-OH is 2. The normalized spacial score (nSPS) is 12.7. The number of aliphatic hydroxyl groups is 2. The van der Waals surface area contributed by atoms with E-state index in [0.29, 0.717) is 25.9 Å². The van der Waals surface area contributed by atoms with E-state index in [-0.39, 0.29) is 18.5 Å². The monoisotopic (exact) mass is 1100 g/mol. The molecule has 0 aliphatic heterocycles. The second-order valence-corrected chi connectivity index (χ2v) is 24.2. The van der Waals surface area contributed by atoms with Crippen molar-refractivity contribution in [2.24, 2.45) is 0 Å². The molecule has 78 heavy (non-hydrogen) atoms. The molecule has 460 valence electrons. The van der Waals surface area contributed by atoms with Gasteiger partial charge in [-0.1, -0.05) is 326 Å². The van der Waals surface area contributed by atoms with Crippen LogP contribution in [0.4, 0.5) is 0 Å². The van der Waals surface area contributed by atoms with Crippen LogP contribution in [0.2, 0.25) is 0 Å². The van der Waals surface area contributed by atoms with Crippen molar-refractivity contribution < 1.29 is 24.5 Å². The minimum absolute atomic E-state index is 0.00515. The molecule has 0 bridgehead atoms. The van der Waals surface area contributed by atoms with Crippen LogP contribution in [-0.2, 0) is 14.3 Å². The Labute approximate surface area is 487 Å². The number of hydrogen-bond acceptors (Lipinski definition) is 5. The summed E-state index contributed by atoms with van der Waals surface area (Å²) >= 11 is 0. The largest absolute Gasteiger partial charge is 0.466 e. The van der Waals surface area contributed by atoms with Gasteiger partial charge in [0, 0.05) is 12.8 Å². The molecule has 1 amide bonds. The van der Waals surface area contributed by atoms with Gasteiger partial charge in [0.05, 0.1) is 25.4 Å². The lowest BCUT2D eigenvalue weighted by molar-refractivity contribution is -0.143. The molecule has 0 fully saturated rings. The summed E-state index contributed by atoms with van der Waals surface area (Å²) < 4.78 is 5.48. The molecular weight excluding hydrogens is 959 g/mol. The van der Waals surface area contributed by atoms with E-state index in [1.807, 2.05) is 0 Å². The summed E-state index contributed by atoms with van der Waals surface area (Å²) in [5.41, 5.74) is 0. The molecule has 0 aliphatic rings. The van der Waals surface area contributed by atoms with Gasteiger partial charge in [-0.05, 0) is 83.5 Å². The van der Waals surface area contributed by atoms with E-state index in [4.69, 9.17) is 4.74 Å². The molecule has 3 N–H and O–H groups in total. The van der Waals surface area contributed by atoms with E-state index in [1.165, 1.54) is 302 Å². The number of unbranched alkanes of at least 4 members (excludes halogenated alkanes) is 49. The molecule has 0 aromatic rings. The number of carbonyl (C=O) groups excluding carboxylic acids is 2. The molecule has 0 saturated heterocycles. The van der Waals surface area contributed by atoms with Crippen molar-refractivity contribution in [2.75, 3.05) is 13.2 Å². The molecule has 0 rings (SSSR count). The Morgan fingerprint density at radius 3 is 1.00 bits per heavy atom. The van der Waals surface area contributed by atoms with Crippen LogP contribution in [0.15, 0.2) is 36.5 Å². The zero-order valence-electron chi connectivity index (χ0n) is 52.7. The number of allylic oxidation sites excluding steroid dienone is 6. The smallest absolute Gasteiger partial charge is 0.305 e. The van der Waals surface area contributed by atoms with Crippen LogP contribution >= 0.6 is 0 Å². The lowest BCUT2D eigenvalue weighted by atomic mass is 10.0. The van der Waals surface area contributed by atoms with E-state index >= 15 is 0 Å². The van der Waals surface area contributed by atoms with Gasteiger partial charge >= 0.3 is 5.97 Å². The Morgan fingerprint density at radius 1 is 0.359 bits per heavy atom. The lowest BCUT2D eigenvalue weighted by Crippen LogP contribution is -2.45. The van der Waals surface area contributed by atoms with E-state index < -0.39 is 12.1 Å². The number of nitrogens with one attached hydrogen (secondary N) is 1. The van der Waals surface area contributed by atoms with E-state index in [0.717, 1.165) is 51.4 Å². The highest BCUT2D eigenvalue weighted by atomic mass is 16.5. The minimum Gasteiger partial charge on any atom is -0.466 e. The Balaban J connectivity index is 3.38. The van der Waals surface area contributed by atoms with Gasteiger partial charge in [0.15, 0.2) is 0 Å². The van der Waals surface area contributed by atoms with Crippen LogP contribution in [0.1, 0.15) is 386 Å². The molecule has 0 spiro atoms. The number of carbonyl (C=O) groups is 2. The van der Waals surface area contributed by atoms with Gasteiger partial charge in [0.25, 0.3) is 0 Å². The first-order valence-corrected chi connectivity index (χ1v) is 35.2. The van der Waals surface area contributed by atoms with Gasteiger partial charge in [-0.3, -0.25) is 9.59 Å². The Hall–Kier alpha value is -1.92. The highest BCUT2D eigenvalue weighted by Gasteiger charge is 2.20. The van der Waals surface area contributed by atoms with Gasteiger partial charge in [0.2, 0.25) is 5.91 Å². The van der Waals surface area contributed by atoms with E-state index in [9.17, 15) is 19.8 Å². The zero-order valence-corrected chi connectivity index (χ0v) is 52.7. The average molecular weight is 1100 g/mol. The number of hydrogen-bond donors (Lipinski definition) is 3. The Morgan fingerprint density at radius 2 is 0.641 bits per heavy atom. The quantitative estimate of drug-likeness (QED) is 0.0320. The van der Waals surface area contributed by atoms with Gasteiger partial charge in [0.1, 0.15) is 0 Å². The predicted molar refractivity (Wildman–Crippen MR) is 343 cm³/mol. The van der Waals surface area contributed by atoms with Crippen molar-refractivity contribution >= 4 is 11.9 Å². The number of amides is 1. The van der Waals surface area contributed by atoms with Crippen molar-refractivity contribution in [3.63, 3.8) is 0 Å². The Bertz CT molecular complexity index is 1260. The van der Waals surface area contributed by atoms with Crippen LogP contribution in [0.5, 0.6) is 0 Å². The van der Waals surface area contributed by atoms with Gasteiger partial charge < -0.3 is 20.3 Å². The molecular formula is C72H137NO5. The number of rotatable bonds is 66. The predicted octanol–water partition coefficient (Wildman–Crippen LogP) is 22.7. The summed E-state index contributed by atoms with van der Waals surface area (Å²) in [6.45, 7) is 4.96. The second kappa shape index (κ2) is 67.6. The maximum Gasteiger partial charge on any atom is 0.305 e. The maximum atomic E-state index is 12.5. The number of esters is 1. The molecule has 0 aliphatic carbocycles. The average Bonchev–Trinajstić information content (AvgIpc) is 3.44. The van der Waals surface area contributed by atoms with Crippen LogP contribution in [-0.4, -0.2) is 47.4 Å². The second-order valence-electron chi connectivity index (χ2n) is 24.2. The van der Waals surface area contributed by atoms with E-state index in [1.54, 1.807) is 0 Å². The minimum atomic E-state index is -0.663. The van der Waals surface area contributed by atoms with Gasteiger partial charge in [-0.15, -0.1) is 0 Å². The van der Waals surface area contributed by atoms with Crippen molar-refractivity contribution in [3.8, 4) is 0 Å². The molecule has 2 atom stereocenters. The number of ether oxygens (including phenoxy) is 1. The third kappa shape index (κ3) is 63.3. The SMILES string of the molecule is CCCCCC/C=C\CCCCCCCC(=O)OCCCCCCCCCCC/C=C\C/C=C\CCCCCCCCCCCCCCCCCCCC(=O)NC(CO)C(O)CCCCCCCCCCCCCCCCC. The first-order chi connectivity index (χ1) is 38.5. The van der Waals surface area contributed by atoms with Crippen LogP contribution < -0.4 is 5.32 Å². The highest BCUT2D eigenvalue weighted by molar-refractivity contribution is 5.76. The molecule has 0 saturated carbocycles. The van der Waals surface area contributed by atoms with Crippen molar-refractivity contribution in [2.45, 2.75) is 398 Å². The third-order valence-corrected chi connectivity index (χ3v) is 16.4. The molecule has 0 aromatic carbocycles. The fourth-order valence-electron chi connectivity index (χ4n) is 11.0. The molecule has 6 heteroatoms. The molecule has 0 aromatic heterocycles. The standard InChI is InChI=1S/C72H137NO5/c1-3-5-7-9-11-13-15-17-37-41-44-48-52-56-60-64-70(75)69(68-74)73-71(76)65-61-57-53-49-45-42-38-35-33-31-29-27-25-23-21-19-18-20-22-24-26-28-30-32-34-36-39-43-47-51-55-59-63-67-78-72(77)66-62-58-54-50-46-40-16-14-12-10-8-6-4-2/h14,16,22,24,28,30,69-70,74-75H,3-13,15,17-21,23,25-27,29,31-68H2,1-2H3,(H,73,76)/b16-14-,24-22-,30-28-. The van der Waals surface area contributed by atoms with Gasteiger partial charge in [-0.2, -0.15) is 0 Å². The lowest BCUT2D eigenvalue weighted by Gasteiger charge is -2.22.